The van der Waals surface area contributed by atoms with Crippen LogP contribution in [0.1, 0.15) is 13.8 Å². The van der Waals surface area contributed by atoms with Crippen LogP contribution >= 0.6 is 0 Å². The number of primary amides is 1. The van der Waals surface area contributed by atoms with Crippen molar-refractivity contribution in [3.8, 4) is 0 Å². The summed E-state index contributed by atoms with van der Waals surface area (Å²) >= 11 is 0. The Morgan fingerprint density at radius 3 is 1.65 bits per heavy atom. The van der Waals surface area contributed by atoms with Gasteiger partial charge in [-0.1, -0.05) is 13.2 Å². The molecule has 0 aromatic rings. The second-order valence-electron chi connectivity index (χ2n) is 3.21. The molecule has 0 unspecified atom stereocenters. The fraction of sp³-hybridized carbons (Fsp3) is 0.300. The molecule has 0 aromatic heterocycles. The molecule has 0 spiro atoms. The van der Waals surface area contributed by atoms with Crippen LogP contribution in [0.25, 0.3) is 0 Å². The van der Waals surface area contributed by atoms with Gasteiger partial charge in [0, 0.05) is 11.1 Å². The molecule has 2 amide bonds. The summed E-state index contributed by atoms with van der Waals surface area (Å²) in [5.41, 5.74) is 4.97. The highest BCUT2D eigenvalue weighted by molar-refractivity contribution is 5.89. The number of amides is 2. The standard InChI is InChI=1S/C10H14N2O5/c1-5(2)7(13)16-10(12-9(11)15)17-8(14)6(3)4/h10H,1,3H2,2,4H3,(H3,11,12,15). The third kappa shape index (κ3) is 5.98. The van der Waals surface area contributed by atoms with Gasteiger partial charge < -0.3 is 15.2 Å². The summed E-state index contributed by atoms with van der Waals surface area (Å²) < 4.78 is 9.22. The molecule has 0 aliphatic carbocycles. The van der Waals surface area contributed by atoms with Crippen LogP contribution in [0, 0.1) is 0 Å². The van der Waals surface area contributed by atoms with Crippen molar-refractivity contribution in [1.82, 2.24) is 5.32 Å². The van der Waals surface area contributed by atoms with Crippen LogP contribution in [0.4, 0.5) is 4.79 Å². The molecule has 0 aromatic carbocycles. The number of carbonyl (C=O) groups is 3. The summed E-state index contributed by atoms with van der Waals surface area (Å²) in [6.07, 6.45) is -1.61. The van der Waals surface area contributed by atoms with E-state index in [1.165, 1.54) is 13.8 Å². The smallest absolute Gasteiger partial charge is 0.337 e. The maximum absolute atomic E-state index is 11.2. The second kappa shape index (κ2) is 6.31. The molecule has 0 saturated carbocycles. The summed E-state index contributed by atoms with van der Waals surface area (Å²) in [4.78, 5) is 32.9. The molecule has 7 heteroatoms. The Morgan fingerprint density at radius 1 is 1.06 bits per heavy atom. The fourth-order valence-electron chi connectivity index (χ4n) is 0.595. The fourth-order valence-corrected chi connectivity index (χ4v) is 0.595. The van der Waals surface area contributed by atoms with E-state index in [2.05, 4.69) is 22.6 Å². The summed E-state index contributed by atoms with van der Waals surface area (Å²) in [5, 5.41) is 1.92. The van der Waals surface area contributed by atoms with E-state index < -0.39 is 24.4 Å². The molecule has 3 N–H and O–H groups in total. The minimum Gasteiger partial charge on any atom is -0.403 e. The Morgan fingerprint density at radius 2 is 1.41 bits per heavy atom. The molecule has 0 fully saturated rings. The van der Waals surface area contributed by atoms with Gasteiger partial charge in [0.2, 0.25) is 0 Å². The maximum Gasteiger partial charge on any atom is 0.337 e. The molecule has 94 valence electrons. The lowest BCUT2D eigenvalue weighted by Crippen LogP contribution is -2.44. The number of hydrogen-bond donors (Lipinski definition) is 2. The van der Waals surface area contributed by atoms with Gasteiger partial charge in [-0.25, -0.2) is 14.4 Å². The van der Waals surface area contributed by atoms with Gasteiger partial charge in [0.05, 0.1) is 0 Å². The van der Waals surface area contributed by atoms with E-state index in [1.807, 2.05) is 5.32 Å². The number of hydrogen-bond acceptors (Lipinski definition) is 5. The van der Waals surface area contributed by atoms with Crippen molar-refractivity contribution in [1.29, 1.82) is 0 Å². The predicted molar refractivity (Wildman–Crippen MR) is 58.3 cm³/mol. The molecular weight excluding hydrogens is 228 g/mol. The Bertz CT molecular complexity index is 347. The van der Waals surface area contributed by atoms with Gasteiger partial charge in [-0.3, -0.25) is 5.32 Å². The minimum atomic E-state index is -1.61. The molecule has 0 radical (unpaired) electrons. The van der Waals surface area contributed by atoms with Crippen LogP contribution in [0.5, 0.6) is 0 Å². The average molecular weight is 242 g/mol. The molecule has 0 aliphatic rings. The zero-order valence-electron chi connectivity index (χ0n) is 9.61. The number of esters is 2. The highest BCUT2D eigenvalue weighted by Crippen LogP contribution is 2.01. The van der Waals surface area contributed by atoms with Crippen LogP contribution in [0.15, 0.2) is 24.3 Å². The zero-order chi connectivity index (χ0) is 13.6. The van der Waals surface area contributed by atoms with E-state index in [1.54, 1.807) is 0 Å². The van der Waals surface area contributed by atoms with E-state index in [-0.39, 0.29) is 11.1 Å². The minimum absolute atomic E-state index is 0.0765. The van der Waals surface area contributed by atoms with Crippen LogP contribution in [-0.2, 0) is 19.1 Å². The first-order valence-electron chi connectivity index (χ1n) is 4.53. The first-order chi connectivity index (χ1) is 7.73. The third-order valence-corrected chi connectivity index (χ3v) is 1.39. The molecule has 0 heterocycles. The summed E-state index contributed by atoms with van der Waals surface area (Å²) in [6, 6.07) is -1.01. The third-order valence-electron chi connectivity index (χ3n) is 1.39. The van der Waals surface area contributed by atoms with Gasteiger partial charge in [0.25, 0.3) is 0 Å². The Kier molecular flexibility index (Phi) is 5.45. The van der Waals surface area contributed by atoms with E-state index in [9.17, 15) is 14.4 Å². The summed E-state index contributed by atoms with van der Waals surface area (Å²) in [6.45, 7) is 9.44. The highest BCUT2D eigenvalue weighted by atomic mass is 16.7. The Labute approximate surface area is 98.2 Å². The largest absolute Gasteiger partial charge is 0.403 e. The quantitative estimate of drug-likeness (QED) is 0.406. The Balaban J connectivity index is 4.59. The van der Waals surface area contributed by atoms with Crippen LogP contribution < -0.4 is 11.1 Å². The Hall–Kier alpha value is -2.31. The number of ether oxygens (including phenoxy) is 2. The van der Waals surface area contributed by atoms with Crippen molar-refractivity contribution in [2.24, 2.45) is 5.73 Å². The monoisotopic (exact) mass is 242 g/mol. The van der Waals surface area contributed by atoms with Crippen molar-refractivity contribution in [3.05, 3.63) is 24.3 Å². The molecule has 17 heavy (non-hydrogen) atoms. The average Bonchev–Trinajstić information content (AvgIpc) is 2.15. The lowest BCUT2D eigenvalue weighted by molar-refractivity contribution is -0.185. The number of urea groups is 1. The first-order valence-corrected chi connectivity index (χ1v) is 4.53. The lowest BCUT2D eigenvalue weighted by atomic mass is 10.4. The van der Waals surface area contributed by atoms with E-state index >= 15 is 0 Å². The van der Waals surface area contributed by atoms with Crippen molar-refractivity contribution in [3.63, 3.8) is 0 Å². The van der Waals surface area contributed by atoms with E-state index in [0.29, 0.717) is 0 Å². The van der Waals surface area contributed by atoms with Crippen molar-refractivity contribution < 1.29 is 23.9 Å². The predicted octanol–water partition coefficient (Wildman–Crippen LogP) is 0.177. The number of nitrogens with two attached hydrogens (primary N) is 1. The molecular formula is C10H14N2O5. The SMILES string of the molecule is C=C(C)C(=O)OC(NC(N)=O)OC(=O)C(=C)C. The van der Waals surface area contributed by atoms with Gasteiger partial charge in [0.15, 0.2) is 0 Å². The van der Waals surface area contributed by atoms with Gasteiger partial charge >= 0.3 is 24.4 Å². The number of nitrogens with one attached hydrogen (secondary N) is 1. The van der Waals surface area contributed by atoms with E-state index in [0.717, 1.165) is 0 Å². The van der Waals surface area contributed by atoms with Gasteiger partial charge in [-0.15, -0.1) is 0 Å². The lowest BCUT2D eigenvalue weighted by Gasteiger charge is -2.17. The molecule has 7 nitrogen and oxygen atoms in total. The zero-order valence-corrected chi connectivity index (χ0v) is 9.61. The molecule has 0 atom stereocenters. The highest BCUT2D eigenvalue weighted by Gasteiger charge is 2.20. The number of carbonyl (C=O) groups excluding carboxylic acids is 3. The number of rotatable bonds is 5. The molecule has 0 bridgehead atoms. The normalized spacial score (nSPS) is 9.35. The van der Waals surface area contributed by atoms with Crippen molar-refractivity contribution in [2.45, 2.75) is 20.3 Å². The topological polar surface area (TPSA) is 108 Å². The second-order valence-corrected chi connectivity index (χ2v) is 3.21. The van der Waals surface area contributed by atoms with Crippen LogP contribution in [-0.4, -0.2) is 24.4 Å². The maximum atomic E-state index is 11.2. The van der Waals surface area contributed by atoms with Gasteiger partial charge in [-0.2, -0.15) is 0 Å². The molecule has 0 saturated heterocycles. The van der Waals surface area contributed by atoms with Crippen molar-refractivity contribution in [2.75, 3.05) is 0 Å². The van der Waals surface area contributed by atoms with Gasteiger partial charge in [0.1, 0.15) is 0 Å². The van der Waals surface area contributed by atoms with Crippen LogP contribution in [0.2, 0.25) is 0 Å². The van der Waals surface area contributed by atoms with Crippen molar-refractivity contribution >= 4 is 18.0 Å². The summed E-state index contributed by atoms with van der Waals surface area (Å²) in [5.74, 6) is -1.67. The summed E-state index contributed by atoms with van der Waals surface area (Å²) in [7, 11) is 0. The van der Waals surface area contributed by atoms with Crippen LogP contribution in [0.3, 0.4) is 0 Å². The van der Waals surface area contributed by atoms with E-state index in [4.69, 9.17) is 5.73 Å². The van der Waals surface area contributed by atoms with Gasteiger partial charge in [-0.05, 0) is 13.8 Å². The molecule has 0 aliphatic heterocycles. The molecule has 0 rings (SSSR count). The first kappa shape index (κ1) is 14.7.